The van der Waals surface area contributed by atoms with Crippen LogP contribution in [0.25, 0.3) is 0 Å². The number of carbonyl (C=O) groups is 2. The third kappa shape index (κ3) is 3.24. The van der Waals surface area contributed by atoms with E-state index in [9.17, 15) is 14.7 Å². The zero-order valence-electron chi connectivity index (χ0n) is 13.1. The Balaban J connectivity index is 2.44. The van der Waals surface area contributed by atoms with E-state index in [1.165, 1.54) is 0 Å². The molecule has 2 rings (SSSR count). The molecule has 0 radical (unpaired) electrons. The zero-order valence-corrected chi connectivity index (χ0v) is 13.1. The van der Waals surface area contributed by atoms with E-state index in [4.69, 9.17) is 4.74 Å². The van der Waals surface area contributed by atoms with Crippen molar-refractivity contribution in [2.75, 3.05) is 13.7 Å². The van der Waals surface area contributed by atoms with E-state index in [0.29, 0.717) is 25.1 Å². The first kappa shape index (κ1) is 16.3. The number of hydrogen-bond acceptors (Lipinski definition) is 3. The lowest BCUT2D eigenvalue weighted by molar-refractivity contribution is -0.152. The van der Waals surface area contributed by atoms with Gasteiger partial charge in [-0.3, -0.25) is 9.59 Å². The van der Waals surface area contributed by atoms with Gasteiger partial charge in [0.05, 0.1) is 19.1 Å². The van der Waals surface area contributed by atoms with Crippen molar-refractivity contribution in [2.45, 2.75) is 38.6 Å². The third-order valence-corrected chi connectivity index (χ3v) is 4.23. The number of likely N-dealkylation sites (tertiary alicyclic amines) is 1. The highest BCUT2D eigenvalue weighted by Crippen LogP contribution is 2.40. The van der Waals surface area contributed by atoms with E-state index < -0.39 is 17.9 Å². The average Bonchev–Trinajstić information content (AvgIpc) is 2.53. The summed E-state index contributed by atoms with van der Waals surface area (Å²) < 4.78 is 5.38. The standard InChI is InChI=1S/C17H23NO4/c1-3-4-11-18-15(19)10-9-13(17(20)21)16(18)12-7-5-6-8-14(12)22-2/h5-8,13,16H,3-4,9-11H2,1-2H3,(H,20,21)/t13-,16-/m1/s1. The first-order valence-electron chi connectivity index (χ1n) is 7.75. The van der Waals surface area contributed by atoms with Crippen molar-refractivity contribution >= 4 is 11.9 Å². The number of rotatable bonds is 6. The van der Waals surface area contributed by atoms with Crippen molar-refractivity contribution in [1.82, 2.24) is 4.90 Å². The monoisotopic (exact) mass is 305 g/mol. The summed E-state index contributed by atoms with van der Waals surface area (Å²) in [6, 6.07) is 6.91. The highest BCUT2D eigenvalue weighted by Gasteiger charge is 2.41. The molecule has 1 fully saturated rings. The number of benzene rings is 1. The molecule has 22 heavy (non-hydrogen) atoms. The molecule has 0 aliphatic carbocycles. The molecular formula is C17H23NO4. The lowest BCUT2D eigenvalue weighted by atomic mass is 9.83. The predicted molar refractivity (Wildman–Crippen MR) is 82.7 cm³/mol. The molecule has 0 unspecified atom stereocenters. The summed E-state index contributed by atoms with van der Waals surface area (Å²) in [7, 11) is 1.57. The molecule has 1 aliphatic rings. The molecule has 0 saturated carbocycles. The van der Waals surface area contributed by atoms with E-state index in [-0.39, 0.29) is 5.91 Å². The van der Waals surface area contributed by atoms with Gasteiger partial charge in [0.1, 0.15) is 5.75 Å². The van der Waals surface area contributed by atoms with Crippen LogP contribution < -0.4 is 4.74 Å². The molecule has 5 nitrogen and oxygen atoms in total. The van der Waals surface area contributed by atoms with Gasteiger partial charge in [0.25, 0.3) is 0 Å². The van der Waals surface area contributed by atoms with E-state index >= 15 is 0 Å². The lowest BCUT2D eigenvalue weighted by Crippen LogP contribution is -2.45. The molecule has 1 amide bonds. The molecule has 1 aromatic carbocycles. The minimum Gasteiger partial charge on any atom is -0.496 e. The predicted octanol–water partition coefficient (Wildman–Crippen LogP) is 2.86. The van der Waals surface area contributed by atoms with Gasteiger partial charge in [-0.05, 0) is 18.9 Å². The van der Waals surface area contributed by atoms with Gasteiger partial charge >= 0.3 is 5.97 Å². The number of carboxylic acids is 1. The lowest BCUT2D eigenvalue weighted by Gasteiger charge is -2.40. The molecule has 1 N–H and O–H groups in total. The number of unbranched alkanes of at least 4 members (excludes halogenated alkanes) is 1. The number of methoxy groups -OCH3 is 1. The first-order valence-corrected chi connectivity index (χ1v) is 7.75. The van der Waals surface area contributed by atoms with Gasteiger partial charge < -0.3 is 14.7 Å². The van der Waals surface area contributed by atoms with Crippen molar-refractivity contribution in [3.05, 3.63) is 29.8 Å². The van der Waals surface area contributed by atoms with Crippen molar-refractivity contribution < 1.29 is 19.4 Å². The first-order chi connectivity index (χ1) is 10.6. The highest BCUT2D eigenvalue weighted by molar-refractivity contribution is 5.82. The number of piperidine rings is 1. The second kappa shape index (κ2) is 7.29. The number of ether oxygens (including phenoxy) is 1. The summed E-state index contributed by atoms with van der Waals surface area (Å²) in [5.41, 5.74) is 0.779. The van der Waals surface area contributed by atoms with Crippen LogP contribution in [0.3, 0.4) is 0 Å². The molecular weight excluding hydrogens is 282 g/mol. The minimum atomic E-state index is -0.857. The van der Waals surface area contributed by atoms with Crippen LogP contribution in [0.5, 0.6) is 5.75 Å². The maximum absolute atomic E-state index is 12.3. The average molecular weight is 305 g/mol. The van der Waals surface area contributed by atoms with Crippen LogP contribution in [0, 0.1) is 5.92 Å². The normalized spacial score (nSPS) is 21.7. The van der Waals surface area contributed by atoms with E-state index in [1.54, 1.807) is 12.0 Å². The third-order valence-electron chi connectivity index (χ3n) is 4.23. The molecule has 1 heterocycles. The van der Waals surface area contributed by atoms with Gasteiger partial charge in [-0.2, -0.15) is 0 Å². The molecule has 120 valence electrons. The Morgan fingerprint density at radius 3 is 2.77 bits per heavy atom. The number of hydrogen-bond donors (Lipinski definition) is 1. The van der Waals surface area contributed by atoms with Crippen LogP contribution in [0.2, 0.25) is 0 Å². The van der Waals surface area contributed by atoms with Crippen molar-refractivity contribution in [3.63, 3.8) is 0 Å². The molecule has 0 bridgehead atoms. The largest absolute Gasteiger partial charge is 0.496 e. The number of carbonyl (C=O) groups excluding carboxylic acids is 1. The molecule has 5 heteroatoms. The quantitative estimate of drug-likeness (QED) is 0.877. The summed E-state index contributed by atoms with van der Waals surface area (Å²) in [6.45, 7) is 2.64. The number of para-hydroxylation sites is 1. The van der Waals surface area contributed by atoms with Gasteiger partial charge in [-0.25, -0.2) is 0 Å². The van der Waals surface area contributed by atoms with Gasteiger partial charge in [0.15, 0.2) is 0 Å². The number of aliphatic carboxylic acids is 1. The second-order valence-electron chi connectivity index (χ2n) is 5.61. The zero-order chi connectivity index (χ0) is 16.1. The van der Waals surface area contributed by atoms with Gasteiger partial charge in [-0.1, -0.05) is 31.5 Å². The molecule has 0 spiro atoms. The summed E-state index contributed by atoms with van der Waals surface area (Å²) in [4.78, 5) is 25.8. The Kier molecular flexibility index (Phi) is 5.41. The minimum absolute atomic E-state index is 0.0295. The van der Waals surface area contributed by atoms with Gasteiger partial charge in [-0.15, -0.1) is 0 Å². The summed E-state index contributed by atoms with van der Waals surface area (Å²) in [6.07, 6.45) is 2.50. The molecule has 1 saturated heterocycles. The number of nitrogens with zero attached hydrogens (tertiary/aromatic N) is 1. The Morgan fingerprint density at radius 1 is 1.41 bits per heavy atom. The maximum Gasteiger partial charge on any atom is 0.308 e. The number of carboxylic acid groups (broad SMARTS) is 1. The van der Waals surface area contributed by atoms with Crippen molar-refractivity contribution in [2.24, 2.45) is 5.92 Å². The molecule has 0 aromatic heterocycles. The van der Waals surface area contributed by atoms with E-state index in [1.807, 2.05) is 24.3 Å². The van der Waals surface area contributed by atoms with Crippen molar-refractivity contribution in [1.29, 1.82) is 0 Å². The Hall–Kier alpha value is -2.04. The number of amides is 1. The van der Waals surface area contributed by atoms with Crippen LogP contribution in [-0.2, 0) is 9.59 Å². The van der Waals surface area contributed by atoms with Gasteiger partial charge in [0.2, 0.25) is 5.91 Å². The SMILES string of the molecule is CCCCN1C(=O)CC[C@@H](C(=O)O)[C@H]1c1ccccc1OC. The molecule has 1 aromatic rings. The smallest absolute Gasteiger partial charge is 0.308 e. The van der Waals surface area contributed by atoms with Crippen LogP contribution in [0.15, 0.2) is 24.3 Å². The fourth-order valence-corrected chi connectivity index (χ4v) is 3.10. The van der Waals surface area contributed by atoms with Crippen LogP contribution in [0.4, 0.5) is 0 Å². The topological polar surface area (TPSA) is 66.8 Å². The summed E-state index contributed by atoms with van der Waals surface area (Å²) in [5.74, 6) is -0.785. The fraction of sp³-hybridized carbons (Fsp3) is 0.529. The Bertz CT molecular complexity index is 543. The fourth-order valence-electron chi connectivity index (χ4n) is 3.10. The van der Waals surface area contributed by atoms with Gasteiger partial charge in [0, 0.05) is 18.5 Å². The van der Waals surface area contributed by atoms with E-state index in [2.05, 4.69) is 6.92 Å². The summed E-state index contributed by atoms with van der Waals surface area (Å²) in [5, 5.41) is 9.58. The second-order valence-corrected chi connectivity index (χ2v) is 5.61. The molecule has 2 atom stereocenters. The van der Waals surface area contributed by atoms with Crippen LogP contribution >= 0.6 is 0 Å². The summed E-state index contributed by atoms with van der Waals surface area (Å²) >= 11 is 0. The van der Waals surface area contributed by atoms with Crippen LogP contribution in [0.1, 0.15) is 44.2 Å². The highest BCUT2D eigenvalue weighted by atomic mass is 16.5. The maximum atomic E-state index is 12.3. The van der Waals surface area contributed by atoms with E-state index in [0.717, 1.165) is 18.4 Å². The van der Waals surface area contributed by atoms with Crippen LogP contribution in [-0.4, -0.2) is 35.5 Å². The Labute approximate surface area is 130 Å². The molecule has 1 aliphatic heterocycles. The Morgan fingerprint density at radius 2 is 2.14 bits per heavy atom. The van der Waals surface area contributed by atoms with Crippen molar-refractivity contribution in [3.8, 4) is 5.75 Å².